The van der Waals surface area contributed by atoms with E-state index >= 15 is 0 Å². The van der Waals surface area contributed by atoms with Gasteiger partial charge in [0.2, 0.25) is 0 Å². The standard InChI is InChI=1S/C17H17N3OS/c21-9-3-8-18-17(22)19-14-7-6-13-10-12-4-1-2-5-15(12)20-16(13)11-14/h1-2,4-7,10-11,21H,3,8-9H2,(H2,18,19,22). The molecule has 0 aliphatic heterocycles. The molecule has 5 heteroatoms. The molecule has 0 unspecified atom stereocenters. The summed E-state index contributed by atoms with van der Waals surface area (Å²) in [5.74, 6) is 0. The van der Waals surface area contributed by atoms with Gasteiger partial charge in [0.1, 0.15) is 0 Å². The molecule has 0 saturated carbocycles. The lowest BCUT2D eigenvalue weighted by Gasteiger charge is -2.10. The maximum Gasteiger partial charge on any atom is 0.170 e. The van der Waals surface area contributed by atoms with Crippen LogP contribution in [0.5, 0.6) is 0 Å². The largest absolute Gasteiger partial charge is 0.396 e. The molecule has 3 rings (SSSR count). The molecule has 0 saturated heterocycles. The van der Waals surface area contributed by atoms with Crippen molar-refractivity contribution in [1.29, 1.82) is 0 Å². The third kappa shape index (κ3) is 3.32. The van der Waals surface area contributed by atoms with Crippen LogP contribution in [-0.4, -0.2) is 28.4 Å². The van der Waals surface area contributed by atoms with Crippen molar-refractivity contribution in [2.24, 2.45) is 0 Å². The predicted molar refractivity (Wildman–Crippen MR) is 95.2 cm³/mol. The lowest BCUT2D eigenvalue weighted by atomic mass is 10.1. The number of para-hydroxylation sites is 1. The average Bonchev–Trinajstić information content (AvgIpc) is 2.53. The highest BCUT2D eigenvalue weighted by Crippen LogP contribution is 2.22. The molecule has 0 aliphatic rings. The molecule has 1 aromatic heterocycles. The molecule has 0 radical (unpaired) electrons. The predicted octanol–water partition coefficient (Wildman–Crippen LogP) is 3.06. The van der Waals surface area contributed by atoms with Crippen LogP contribution in [0, 0.1) is 0 Å². The summed E-state index contributed by atoms with van der Waals surface area (Å²) in [5.41, 5.74) is 2.81. The number of nitrogens with one attached hydrogen (secondary N) is 2. The third-order valence-electron chi connectivity index (χ3n) is 3.40. The van der Waals surface area contributed by atoms with E-state index in [4.69, 9.17) is 17.3 Å². The summed E-state index contributed by atoms with van der Waals surface area (Å²) in [5, 5.41) is 17.7. The fourth-order valence-corrected chi connectivity index (χ4v) is 2.53. The number of aromatic nitrogens is 1. The maximum atomic E-state index is 8.76. The van der Waals surface area contributed by atoms with Crippen molar-refractivity contribution in [2.45, 2.75) is 6.42 Å². The molecule has 112 valence electrons. The number of pyridine rings is 1. The zero-order valence-electron chi connectivity index (χ0n) is 12.0. The van der Waals surface area contributed by atoms with Gasteiger partial charge in [-0.25, -0.2) is 4.98 Å². The quantitative estimate of drug-likeness (QED) is 0.393. The molecular weight excluding hydrogens is 294 g/mol. The van der Waals surface area contributed by atoms with Gasteiger partial charge in [0.25, 0.3) is 0 Å². The Morgan fingerprint density at radius 2 is 1.86 bits per heavy atom. The van der Waals surface area contributed by atoms with Gasteiger partial charge in [0.15, 0.2) is 5.11 Å². The third-order valence-corrected chi connectivity index (χ3v) is 3.64. The fourth-order valence-electron chi connectivity index (χ4n) is 2.31. The normalized spacial score (nSPS) is 10.8. The van der Waals surface area contributed by atoms with Crippen molar-refractivity contribution in [1.82, 2.24) is 10.3 Å². The van der Waals surface area contributed by atoms with Gasteiger partial charge in [-0.15, -0.1) is 0 Å². The molecule has 0 fully saturated rings. The van der Waals surface area contributed by atoms with Gasteiger partial charge < -0.3 is 15.7 Å². The number of anilines is 1. The lowest BCUT2D eigenvalue weighted by molar-refractivity contribution is 0.289. The molecule has 22 heavy (non-hydrogen) atoms. The van der Waals surface area contributed by atoms with Crippen molar-refractivity contribution < 1.29 is 5.11 Å². The molecule has 3 N–H and O–H groups in total. The minimum Gasteiger partial charge on any atom is -0.396 e. The van der Waals surface area contributed by atoms with Crippen molar-refractivity contribution in [2.75, 3.05) is 18.5 Å². The summed E-state index contributed by atoms with van der Waals surface area (Å²) < 4.78 is 0. The van der Waals surface area contributed by atoms with Crippen LogP contribution in [0.4, 0.5) is 5.69 Å². The van der Waals surface area contributed by atoms with E-state index in [1.54, 1.807) is 0 Å². The second kappa shape index (κ2) is 6.68. The van der Waals surface area contributed by atoms with Crippen LogP contribution in [0.2, 0.25) is 0 Å². The SMILES string of the molecule is OCCCNC(=S)Nc1ccc2cc3ccccc3nc2c1. The van der Waals surface area contributed by atoms with Crippen LogP contribution in [0.15, 0.2) is 48.5 Å². The maximum absolute atomic E-state index is 8.76. The Morgan fingerprint density at radius 3 is 2.73 bits per heavy atom. The van der Waals surface area contributed by atoms with Crippen LogP contribution in [0.1, 0.15) is 6.42 Å². The minimum absolute atomic E-state index is 0.155. The number of benzene rings is 2. The Balaban J connectivity index is 1.83. The Hall–Kier alpha value is -2.24. The highest BCUT2D eigenvalue weighted by atomic mass is 32.1. The van der Waals surface area contributed by atoms with Gasteiger partial charge in [-0.1, -0.05) is 24.3 Å². The topological polar surface area (TPSA) is 57.2 Å². The average molecular weight is 311 g/mol. The van der Waals surface area contributed by atoms with E-state index in [-0.39, 0.29) is 6.61 Å². The van der Waals surface area contributed by atoms with Crippen LogP contribution >= 0.6 is 12.2 Å². The Kier molecular flexibility index (Phi) is 4.46. The second-order valence-corrected chi connectivity index (χ2v) is 5.45. The molecule has 0 amide bonds. The summed E-state index contributed by atoms with van der Waals surface area (Å²) in [7, 11) is 0. The first-order valence-electron chi connectivity index (χ1n) is 7.21. The van der Waals surface area contributed by atoms with Crippen LogP contribution in [0.3, 0.4) is 0 Å². The van der Waals surface area contributed by atoms with Gasteiger partial charge in [0.05, 0.1) is 11.0 Å². The van der Waals surface area contributed by atoms with E-state index < -0.39 is 0 Å². The van der Waals surface area contributed by atoms with Gasteiger partial charge in [0, 0.05) is 29.6 Å². The first-order valence-corrected chi connectivity index (χ1v) is 7.62. The summed E-state index contributed by atoms with van der Waals surface area (Å²) in [4.78, 5) is 4.68. The van der Waals surface area contributed by atoms with Crippen LogP contribution < -0.4 is 10.6 Å². The number of fused-ring (bicyclic) bond motifs is 2. The molecule has 3 aromatic rings. The summed E-state index contributed by atoms with van der Waals surface area (Å²) in [6, 6.07) is 16.2. The van der Waals surface area contributed by atoms with E-state index in [0.717, 1.165) is 27.5 Å². The molecule has 0 aliphatic carbocycles. The number of thiocarbonyl (C=S) groups is 1. The van der Waals surface area contributed by atoms with E-state index in [1.165, 1.54) is 0 Å². The van der Waals surface area contributed by atoms with E-state index in [9.17, 15) is 0 Å². The molecule has 1 heterocycles. The second-order valence-electron chi connectivity index (χ2n) is 5.05. The Bertz CT molecular complexity index is 819. The number of nitrogens with zero attached hydrogens (tertiary/aromatic N) is 1. The number of hydrogen-bond acceptors (Lipinski definition) is 3. The number of rotatable bonds is 4. The van der Waals surface area contributed by atoms with E-state index in [0.29, 0.717) is 18.1 Å². The number of hydrogen-bond donors (Lipinski definition) is 3. The fraction of sp³-hybridized carbons (Fsp3) is 0.176. The van der Waals surface area contributed by atoms with E-state index in [1.807, 2.05) is 36.4 Å². The zero-order valence-corrected chi connectivity index (χ0v) is 12.9. The number of aliphatic hydroxyl groups excluding tert-OH is 1. The highest BCUT2D eigenvalue weighted by Gasteiger charge is 2.02. The Morgan fingerprint density at radius 1 is 1.05 bits per heavy atom. The molecule has 0 bridgehead atoms. The zero-order chi connectivity index (χ0) is 15.4. The highest BCUT2D eigenvalue weighted by molar-refractivity contribution is 7.80. The molecule has 0 spiro atoms. The first kappa shape index (κ1) is 14.7. The summed E-state index contributed by atoms with van der Waals surface area (Å²) in [6.07, 6.45) is 0.674. The van der Waals surface area contributed by atoms with Crippen molar-refractivity contribution in [3.05, 3.63) is 48.5 Å². The molecule has 2 aromatic carbocycles. The van der Waals surface area contributed by atoms with Crippen molar-refractivity contribution >= 4 is 44.8 Å². The van der Waals surface area contributed by atoms with Crippen LogP contribution in [-0.2, 0) is 0 Å². The monoisotopic (exact) mass is 311 g/mol. The lowest BCUT2D eigenvalue weighted by Crippen LogP contribution is -2.29. The summed E-state index contributed by atoms with van der Waals surface area (Å²) in [6.45, 7) is 0.807. The van der Waals surface area contributed by atoms with Gasteiger partial charge in [-0.2, -0.15) is 0 Å². The molecular formula is C17H17N3OS. The van der Waals surface area contributed by atoms with Gasteiger partial charge in [-0.05, 0) is 42.9 Å². The van der Waals surface area contributed by atoms with Gasteiger partial charge in [-0.3, -0.25) is 0 Å². The summed E-state index contributed by atoms with van der Waals surface area (Å²) >= 11 is 5.22. The van der Waals surface area contributed by atoms with E-state index in [2.05, 4.69) is 27.8 Å². The minimum atomic E-state index is 0.155. The smallest absolute Gasteiger partial charge is 0.170 e. The number of aliphatic hydroxyl groups is 1. The van der Waals surface area contributed by atoms with Crippen LogP contribution in [0.25, 0.3) is 21.8 Å². The Labute approximate surface area is 134 Å². The van der Waals surface area contributed by atoms with Gasteiger partial charge >= 0.3 is 0 Å². The van der Waals surface area contributed by atoms with Crippen molar-refractivity contribution in [3.8, 4) is 0 Å². The molecule has 0 atom stereocenters. The first-order chi connectivity index (χ1) is 10.8. The van der Waals surface area contributed by atoms with Crippen molar-refractivity contribution in [3.63, 3.8) is 0 Å². The molecule has 4 nitrogen and oxygen atoms in total.